The molecule has 2 aromatic rings. The van der Waals surface area contributed by atoms with Crippen molar-refractivity contribution < 1.29 is 9.53 Å². The van der Waals surface area contributed by atoms with Gasteiger partial charge in [-0.2, -0.15) is 0 Å². The fourth-order valence-electron chi connectivity index (χ4n) is 3.03. The molecule has 0 heterocycles. The Kier molecular flexibility index (Phi) is 2.24. The molecule has 2 nitrogen and oxygen atoms in total. The molecule has 0 fully saturated rings. The number of hydrogen-bond acceptors (Lipinski definition) is 2. The Balaban J connectivity index is 2.30. The van der Waals surface area contributed by atoms with E-state index in [1.165, 1.54) is 23.3 Å². The van der Waals surface area contributed by atoms with Crippen molar-refractivity contribution in [2.75, 3.05) is 0 Å². The lowest BCUT2D eigenvalue weighted by atomic mass is 9.83. The van der Waals surface area contributed by atoms with Gasteiger partial charge in [0.05, 0.1) is 0 Å². The van der Waals surface area contributed by atoms with Gasteiger partial charge in [0, 0.05) is 17.9 Å². The Morgan fingerprint density at radius 2 is 1.83 bits per heavy atom. The average molecular weight is 240 g/mol. The van der Waals surface area contributed by atoms with Crippen molar-refractivity contribution >= 4 is 16.7 Å². The summed E-state index contributed by atoms with van der Waals surface area (Å²) in [5.74, 6) is -0.224. The molecular weight excluding hydrogens is 224 g/mol. The van der Waals surface area contributed by atoms with Crippen LogP contribution in [0.3, 0.4) is 0 Å². The number of benzene rings is 2. The van der Waals surface area contributed by atoms with Gasteiger partial charge in [0.1, 0.15) is 6.10 Å². The van der Waals surface area contributed by atoms with E-state index in [4.69, 9.17) is 4.74 Å². The summed E-state index contributed by atoms with van der Waals surface area (Å²) in [5.41, 5.74) is 2.22. The molecule has 0 saturated carbocycles. The van der Waals surface area contributed by atoms with Crippen LogP contribution in [0, 0.1) is 0 Å². The van der Waals surface area contributed by atoms with Gasteiger partial charge >= 0.3 is 5.97 Å². The minimum absolute atomic E-state index is 0.172. The van der Waals surface area contributed by atoms with Crippen molar-refractivity contribution in [3.8, 4) is 0 Å². The molecule has 92 valence electrons. The minimum Gasteiger partial charge on any atom is -0.457 e. The van der Waals surface area contributed by atoms with Crippen LogP contribution in [0.5, 0.6) is 0 Å². The Morgan fingerprint density at radius 3 is 2.50 bits per heavy atom. The molecule has 0 N–H and O–H groups in total. The number of carbonyl (C=O) groups excluding carboxylic acids is 1. The summed E-state index contributed by atoms with van der Waals surface area (Å²) in [5, 5.41) is 2.46. The molecule has 1 aliphatic rings. The summed E-state index contributed by atoms with van der Waals surface area (Å²) in [6, 6.07) is 12.5. The molecule has 1 aliphatic carbocycles. The summed E-state index contributed by atoms with van der Waals surface area (Å²) in [4.78, 5) is 11.3. The maximum Gasteiger partial charge on any atom is 0.303 e. The molecule has 0 unspecified atom stereocenters. The molecule has 0 amide bonds. The Hall–Kier alpha value is -1.83. The van der Waals surface area contributed by atoms with Crippen molar-refractivity contribution in [1.82, 2.24) is 0 Å². The third kappa shape index (κ3) is 1.38. The van der Waals surface area contributed by atoms with Crippen molar-refractivity contribution in [2.45, 2.75) is 32.3 Å². The van der Waals surface area contributed by atoms with Gasteiger partial charge in [-0.05, 0) is 16.3 Å². The van der Waals surface area contributed by atoms with Crippen molar-refractivity contribution in [3.63, 3.8) is 0 Å². The van der Waals surface area contributed by atoms with Crippen LogP contribution in [0.2, 0.25) is 0 Å². The van der Waals surface area contributed by atoms with E-state index in [1.54, 1.807) is 0 Å². The molecule has 18 heavy (non-hydrogen) atoms. The van der Waals surface area contributed by atoms with Crippen molar-refractivity contribution in [2.24, 2.45) is 0 Å². The normalized spacial score (nSPS) is 20.1. The first-order valence-electron chi connectivity index (χ1n) is 6.21. The molecule has 0 saturated heterocycles. The second kappa shape index (κ2) is 3.58. The van der Waals surface area contributed by atoms with Crippen LogP contribution in [-0.2, 0) is 14.9 Å². The Labute approximate surface area is 107 Å². The highest BCUT2D eigenvalue weighted by molar-refractivity contribution is 5.93. The zero-order valence-corrected chi connectivity index (χ0v) is 10.9. The Morgan fingerprint density at radius 1 is 1.17 bits per heavy atom. The highest BCUT2D eigenvalue weighted by Crippen LogP contribution is 2.50. The molecule has 3 rings (SSSR count). The fraction of sp³-hybridized carbons (Fsp3) is 0.312. The third-order valence-corrected chi connectivity index (χ3v) is 3.85. The lowest BCUT2D eigenvalue weighted by molar-refractivity contribution is -0.149. The molecule has 0 aliphatic heterocycles. The minimum atomic E-state index is -0.224. The van der Waals surface area contributed by atoms with Crippen LogP contribution >= 0.6 is 0 Å². The zero-order chi connectivity index (χ0) is 12.9. The molecule has 0 bridgehead atoms. The second-order valence-electron chi connectivity index (χ2n) is 5.46. The highest BCUT2D eigenvalue weighted by atomic mass is 16.5. The maximum atomic E-state index is 11.3. The van der Waals surface area contributed by atoms with Crippen molar-refractivity contribution in [3.05, 3.63) is 47.5 Å². The van der Waals surface area contributed by atoms with Gasteiger partial charge in [-0.15, -0.1) is 0 Å². The smallest absolute Gasteiger partial charge is 0.303 e. The Bertz CT molecular complexity index is 635. The molecular formula is C16H16O2. The molecule has 0 spiro atoms. The van der Waals surface area contributed by atoms with Crippen LogP contribution < -0.4 is 0 Å². The van der Waals surface area contributed by atoms with Crippen LogP contribution in [-0.4, -0.2) is 5.97 Å². The third-order valence-electron chi connectivity index (χ3n) is 3.85. The van der Waals surface area contributed by atoms with Gasteiger partial charge in [0.2, 0.25) is 0 Å². The predicted octanol–water partition coefficient (Wildman–Crippen LogP) is 3.74. The summed E-state index contributed by atoms with van der Waals surface area (Å²) in [6.07, 6.45) is -0.184. The standard InChI is InChI=1S/C16H16O2/c1-10(17)18-15-12-8-4-6-11-7-5-9-13(14(11)12)16(15,2)3/h4-9,15H,1-3H3/t15-/m1/s1. The molecule has 2 aromatic carbocycles. The molecule has 0 aromatic heterocycles. The highest BCUT2D eigenvalue weighted by Gasteiger charge is 2.42. The predicted molar refractivity (Wildman–Crippen MR) is 71.5 cm³/mol. The van der Waals surface area contributed by atoms with Crippen LogP contribution in [0.25, 0.3) is 10.8 Å². The van der Waals surface area contributed by atoms with Gasteiger partial charge in [-0.3, -0.25) is 4.79 Å². The second-order valence-corrected chi connectivity index (χ2v) is 5.46. The van der Waals surface area contributed by atoms with Crippen LogP contribution in [0.4, 0.5) is 0 Å². The van der Waals surface area contributed by atoms with Gasteiger partial charge in [0.25, 0.3) is 0 Å². The van der Waals surface area contributed by atoms with E-state index >= 15 is 0 Å². The first kappa shape index (κ1) is 11.3. The zero-order valence-electron chi connectivity index (χ0n) is 10.9. The van der Waals surface area contributed by atoms with E-state index in [0.717, 1.165) is 5.56 Å². The first-order valence-corrected chi connectivity index (χ1v) is 6.21. The van der Waals surface area contributed by atoms with E-state index in [2.05, 4.69) is 44.2 Å². The van der Waals surface area contributed by atoms with E-state index in [0.29, 0.717) is 0 Å². The quantitative estimate of drug-likeness (QED) is 0.710. The van der Waals surface area contributed by atoms with E-state index < -0.39 is 0 Å². The number of hydrogen-bond donors (Lipinski definition) is 0. The van der Waals surface area contributed by atoms with Crippen LogP contribution in [0.15, 0.2) is 36.4 Å². The van der Waals surface area contributed by atoms with E-state index in [1.807, 2.05) is 6.07 Å². The molecule has 1 atom stereocenters. The molecule has 0 radical (unpaired) electrons. The van der Waals surface area contributed by atoms with E-state index in [-0.39, 0.29) is 17.5 Å². The van der Waals surface area contributed by atoms with Gasteiger partial charge < -0.3 is 4.74 Å². The summed E-state index contributed by atoms with van der Waals surface area (Å²) < 4.78 is 5.56. The van der Waals surface area contributed by atoms with Crippen LogP contribution in [0.1, 0.15) is 38.0 Å². The number of esters is 1. The van der Waals surface area contributed by atoms with Crippen molar-refractivity contribution in [1.29, 1.82) is 0 Å². The van der Waals surface area contributed by atoms with Gasteiger partial charge in [-0.25, -0.2) is 0 Å². The lowest BCUT2D eigenvalue weighted by Crippen LogP contribution is -2.25. The summed E-state index contributed by atoms with van der Waals surface area (Å²) in [6.45, 7) is 5.74. The fourth-order valence-corrected chi connectivity index (χ4v) is 3.03. The lowest BCUT2D eigenvalue weighted by Gasteiger charge is -2.28. The monoisotopic (exact) mass is 240 g/mol. The largest absolute Gasteiger partial charge is 0.457 e. The number of ether oxygens (including phenoxy) is 1. The van der Waals surface area contributed by atoms with Gasteiger partial charge in [0.15, 0.2) is 0 Å². The topological polar surface area (TPSA) is 26.3 Å². The number of carbonyl (C=O) groups is 1. The van der Waals surface area contributed by atoms with E-state index in [9.17, 15) is 4.79 Å². The van der Waals surface area contributed by atoms with Gasteiger partial charge in [-0.1, -0.05) is 50.2 Å². The summed E-state index contributed by atoms with van der Waals surface area (Å²) >= 11 is 0. The average Bonchev–Trinajstić information content (AvgIpc) is 2.53. The number of rotatable bonds is 1. The first-order chi connectivity index (χ1) is 8.51. The molecule has 2 heteroatoms. The maximum absolute atomic E-state index is 11.3. The SMILES string of the molecule is CC(=O)O[C@@H]1c2cccc3cccc(c23)C1(C)C. The summed E-state index contributed by atoms with van der Waals surface area (Å²) in [7, 11) is 0.